The Balaban J connectivity index is 2.09. The number of carboxylic acid groups (broad SMARTS) is 1. The number of ether oxygens (including phenoxy) is 1. The lowest BCUT2D eigenvalue weighted by molar-refractivity contribution is -0.130. The van der Waals surface area contributed by atoms with Gasteiger partial charge in [0.15, 0.2) is 0 Å². The molecular weight excluding hydrogens is 272 g/mol. The minimum absolute atomic E-state index is 0.0751. The SMILES string of the molecule is COCC1(C(=O)Nc2ccc(C(=O)O)cc2)CCNCC1. The maximum absolute atomic E-state index is 12.6. The molecule has 0 unspecified atom stereocenters. The molecule has 6 heteroatoms. The van der Waals surface area contributed by atoms with Crippen molar-refractivity contribution < 1.29 is 19.4 Å². The number of amides is 1. The maximum Gasteiger partial charge on any atom is 0.335 e. The molecule has 0 spiro atoms. The van der Waals surface area contributed by atoms with E-state index in [-0.39, 0.29) is 11.5 Å². The van der Waals surface area contributed by atoms with Crippen LogP contribution in [0.5, 0.6) is 0 Å². The summed E-state index contributed by atoms with van der Waals surface area (Å²) < 4.78 is 5.23. The van der Waals surface area contributed by atoms with Gasteiger partial charge in [-0.25, -0.2) is 4.79 Å². The number of hydrogen-bond donors (Lipinski definition) is 3. The lowest BCUT2D eigenvalue weighted by Gasteiger charge is -2.35. The summed E-state index contributed by atoms with van der Waals surface area (Å²) in [6.45, 7) is 1.96. The van der Waals surface area contributed by atoms with E-state index in [0.29, 0.717) is 12.3 Å². The van der Waals surface area contributed by atoms with Crippen molar-refractivity contribution in [1.29, 1.82) is 0 Å². The number of nitrogens with one attached hydrogen (secondary N) is 2. The van der Waals surface area contributed by atoms with Crippen molar-refractivity contribution in [3.8, 4) is 0 Å². The first-order valence-electron chi connectivity index (χ1n) is 6.92. The Labute approximate surface area is 123 Å². The number of hydrogen-bond acceptors (Lipinski definition) is 4. The molecule has 1 fully saturated rings. The van der Waals surface area contributed by atoms with Gasteiger partial charge in [0.1, 0.15) is 0 Å². The summed E-state index contributed by atoms with van der Waals surface area (Å²) in [4.78, 5) is 23.4. The second kappa shape index (κ2) is 6.69. The summed E-state index contributed by atoms with van der Waals surface area (Å²) in [5.41, 5.74) is 0.270. The first-order chi connectivity index (χ1) is 10.1. The van der Waals surface area contributed by atoms with Crippen molar-refractivity contribution in [2.24, 2.45) is 5.41 Å². The van der Waals surface area contributed by atoms with Gasteiger partial charge >= 0.3 is 5.97 Å². The van der Waals surface area contributed by atoms with E-state index in [0.717, 1.165) is 25.9 Å². The molecule has 6 nitrogen and oxygen atoms in total. The van der Waals surface area contributed by atoms with E-state index >= 15 is 0 Å². The van der Waals surface area contributed by atoms with E-state index in [9.17, 15) is 9.59 Å². The van der Waals surface area contributed by atoms with Gasteiger partial charge in [0.25, 0.3) is 0 Å². The number of rotatable bonds is 5. The topological polar surface area (TPSA) is 87.7 Å². The Morgan fingerprint density at radius 1 is 1.29 bits per heavy atom. The molecule has 0 bridgehead atoms. The van der Waals surface area contributed by atoms with Crippen molar-refractivity contribution in [2.45, 2.75) is 12.8 Å². The van der Waals surface area contributed by atoms with Gasteiger partial charge in [-0.2, -0.15) is 0 Å². The molecule has 0 saturated carbocycles. The molecule has 1 amide bonds. The summed E-state index contributed by atoms with van der Waals surface area (Å²) in [5.74, 6) is -1.06. The number of benzene rings is 1. The monoisotopic (exact) mass is 292 g/mol. The summed E-state index contributed by atoms with van der Waals surface area (Å²) in [5, 5.41) is 15.0. The molecule has 0 aromatic heterocycles. The van der Waals surface area contributed by atoms with Gasteiger partial charge in [-0.15, -0.1) is 0 Å². The third-order valence-electron chi connectivity index (χ3n) is 3.85. The molecule has 114 valence electrons. The zero-order valence-electron chi connectivity index (χ0n) is 12.0. The van der Waals surface area contributed by atoms with Crippen LogP contribution in [0.4, 0.5) is 5.69 Å². The zero-order valence-corrected chi connectivity index (χ0v) is 12.0. The highest BCUT2D eigenvalue weighted by atomic mass is 16.5. The third kappa shape index (κ3) is 3.59. The second-order valence-corrected chi connectivity index (χ2v) is 5.30. The van der Waals surface area contributed by atoms with E-state index in [4.69, 9.17) is 9.84 Å². The van der Waals surface area contributed by atoms with E-state index in [1.54, 1.807) is 19.2 Å². The molecule has 2 rings (SSSR count). The first-order valence-corrected chi connectivity index (χ1v) is 6.92. The van der Waals surface area contributed by atoms with Crippen LogP contribution in [0.3, 0.4) is 0 Å². The van der Waals surface area contributed by atoms with E-state index in [2.05, 4.69) is 10.6 Å². The number of carbonyl (C=O) groups is 2. The number of anilines is 1. The number of methoxy groups -OCH3 is 1. The highest BCUT2D eigenvalue weighted by Crippen LogP contribution is 2.30. The highest BCUT2D eigenvalue weighted by Gasteiger charge is 2.39. The summed E-state index contributed by atoms with van der Waals surface area (Å²) >= 11 is 0. The Kier molecular flexibility index (Phi) is 4.93. The first kappa shape index (κ1) is 15.5. The van der Waals surface area contributed by atoms with E-state index < -0.39 is 11.4 Å². The minimum atomic E-state index is -0.984. The lowest BCUT2D eigenvalue weighted by atomic mass is 9.78. The molecule has 1 aromatic rings. The third-order valence-corrected chi connectivity index (χ3v) is 3.85. The molecule has 0 radical (unpaired) electrons. The minimum Gasteiger partial charge on any atom is -0.478 e. The smallest absolute Gasteiger partial charge is 0.335 e. The van der Waals surface area contributed by atoms with Crippen molar-refractivity contribution in [1.82, 2.24) is 5.32 Å². The number of carboxylic acids is 1. The average Bonchev–Trinajstić information content (AvgIpc) is 2.49. The molecule has 1 aliphatic heterocycles. The van der Waals surface area contributed by atoms with Crippen LogP contribution in [0.15, 0.2) is 24.3 Å². The van der Waals surface area contributed by atoms with Crippen LogP contribution in [0.25, 0.3) is 0 Å². The van der Waals surface area contributed by atoms with Crippen LogP contribution in [0.1, 0.15) is 23.2 Å². The van der Waals surface area contributed by atoms with Crippen LogP contribution in [-0.2, 0) is 9.53 Å². The van der Waals surface area contributed by atoms with Crippen LogP contribution in [-0.4, -0.2) is 43.8 Å². The van der Waals surface area contributed by atoms with Crippen molar-refractivity contribution in [3.63, 3.8) is 0 Å². The number of piperidine rings is 1. The molecule has 21 heavy (non-hydrogen) atoms. The fraction of sp³-hybridized carbons (Fsp3) is 0.467. The molecular formula is C15H20N2O4. The highest BCUT2D eigenvalue weighted by molar-refractivity contribution is 5.96. The Hall–Kier alpha value is -1.92. The average molecular weight is 292 g/mol. The fourth-order valence-corrected chi connectivity index (χ4v) is 2.58. The maximum atomic E-state index is 12.6. The van der Waals surface area contributed by atoms with E-state index in [1.807, 2.05) is 0 Å². The lowest BCUT2D eigenvalue weighted by Crippen LogP contribution is -2.47. The predicted octanol–water partition coefficient (Wildman–Crippen LogP) is 1.34. The molecule has 0 atom stereocenters. The molecule has 3 N–H and O–H groups in total. The van der Waals surface area contributed by atoms with Crippen LogP contribution in [0.2, 0.25) is 0 Å². The largest absolute Gasteiger partial charge is 0.478 e. The van der Waals surface area contributed by atoms with Crippen molar-refractivity contribution in [2.75, 3.05) is 32.1 Å². The molecule has 1 aliphatic rings. The van der Waals surface area contributed by atoms with Gasteiger partial charge in [0.05, 0.1) is 17.6 Å². The molecule has 1 heterocycles. The summed E-state index contributed by atoms with van der Waals surface area (Å²) in [6.07, 6.45) is 1.44. The van der Waals surface area contributed by atoms with Gasteiger partial charge in [-0.05, 0) is 50.2 Å². The molecule has 1 aromatic carbocycles. The standard InChI is InChI=1S/C15H20N2O4/c1-21-10-15(6-8-16-9-7-15)14(20)17-12-4-2-11(3-5-12)13(18)19/h2-5,16H,6-10H2,1H3,(H,17,20)(H,18,19). The van der Waals surface area contributed by atoms with Crippen LogP contribution < -0.4 is 10.6 Å². The van der Waals surface area contributed by atoms with Gasteiger partial charge in [-0.1, -0.05) is 0 Å². The molecule has 1 saturated heterocycles. The van der Waals surface area contributed by atoms with Gasteiger partial charge < -0.3 is 20.5 Å². The normalized spacial score (nSPS) is 17.2. The predicted molar refractivity (Wildman–Crippen MR) is 78.4 cm³/mol. The van der Waals surface area contributed by atoms with Gasteiger partial charge in [0.2, 0.25) is 5.91 Å². The molecule has 0 aliphatic carbocycles. The van der Waals surface area contributed by atoms with Crippen LogP contribution >= 0.6 is 0 Å². The van der Waals surface area contributed by atoms with Crippen molar-refractivity contribution in [3.05, 3.63) is 29.8 Å². The summed E-state index contributed by atoms with van der Waals surface area (Å²) in [7, 11) is 1.60. The van der Waals surface area contributed by atoms with Gasteiger partial charge in [-0.3, -0.25) is 4.79 Å². The zero-order chi connectivity index (χ0) is 15.3. The number of aromatic carboxylic acids is 1. The van der Waals surface area contributed by atoms with Crippen molar-refractivity contribution >= 4 is 17.6 Å². The quantitative estimate of drug-likeness (QED) is 0.762. The van der Waals surface area contributed by atoms with Crippen LogP contribution in [0, 0.1) is 5.41 Å². The Bertz CT molecular complexity index is 501. The number of carbonyl (C=O) groups excluding carboxylic acids is 1. The van der Waals surface area contributed by atoms with Gasteiger partial charge in [0, 0.05) is 12.8 Å². The Morgan fingerprint density at radius 3 is 2.43 bits per heavy atom. The fourth-order valence-electron chi connectivity index (χ4n) is 2.58. The Morgan fingerprint density at radius 2 is 1.90 bits per heavy atom. The second-order valence-electron chi connectivity index (χ2n) is 5.30. The van der Waals surface area contributed by atoms with E-state index in [1.165, 1.54) is 12.1 Å². The summed E-state index contributed by atoms with van der Waals surface area (Å²) in [6, 6.07) is 6.15.